The van der Waals surface area contributed by atoms with Crippen molar-refractivity contribution in [2.24, 2.45) is 0 Å². The van der Waals surface area contributed by atoms with Crippen LogP contribution in [-0.4, -0.2) is 17.0 Å². The first-order chi connectivity index (χ1) is 9.51. The first-order valence-electron chi connectivity index (χ1n) is 5.63. The molecule has 0 fully saturated rings. The van der Waals surface area contributed by atoms with Crippen LogP contribution < -0.4 is 9.47 Å². The largest absolute Gasteiger partial charge is 0.493 e. The molecule has 7 heteroatoms. The van der Waals surface area contributed by atoms with Crippen molar-refractivity contribution in [3.8, 4) is 17.4 Å². The number of halogens is 1. The van der Waals surface area contributed by atoms with E-state index in [1.165, 1.54) is 25.3 Å². The molecule has 2 rings (SSSR count). The molecule has 1 aromatic heterocycles. The second-order valence-electron chi connectivity index (χ2n) is 3.97. The topological polar surface area (TPSA) is 74.5 Å². The van der Waals surface area contributed by atoms with E-state index >= 15 is 0 Å². The third-order valence-corrected chi connectivity index (χ3v) is 3.00. The van der Waals surface area contributed by atoms with Gasteiger partial charge in [0.2, 0.25) is 5.88 Å². The average molecular weight is 339 g/mol. The van der Waals surface area contributed by atoms with Crippen molar-refractivity contribution in [1.82, 2.24) is 4.98 Å². The molecule has 0 saturated carbocycles. The van der Waals surface area contributed by atoms with E-state index in [4.69, 9.17) is 9.47 Å². The number of pyridine rings is 1. The van der Waals surface area contributed by atoms with E-state index in [0.29, 0.717) is 11.6 Å². The second-order valence-corrected chi connectivity index (χ2v) is 4.89. The van der Waals surface area contributed by atoms with Gasteiger partial charge in [-0.1, -0.05) is 0 Å². The van der Waals surface area contributed by atoms with E-state index in [1.807, 2.05) is 13.0 Å². The summed E-state index contributed by atoms with van der Waals surface area (Å²) in [5, 5.41) is 10.8. The molecule has 20 heavy (non-hydrogen) atoms. The number of ether oxygens (including phenoxy) is 2. The molecular formula is C13H11BrN2O4. The molecule has 104 valence electrons. The highest BCUT2D eigenvalue weighted by Gasteiger charge is 2.14. The van der Waals surface area contributed by atoms with Crippen LogP contribution in [0.5, 0.6) is 17.4 Å². The van der Waals surface area contributed by atoms with Crippen molar-refractivity contribution >= 4 is 21.6 Å². The predicted molar refractivity (Wildman–Crippen MR) is 76.4 cm³/mol. The maximum absolute atomic E-state index is 10.8. The average Bonchev–Trinajstić information content (AvgIpc) is 2.41. The number of aromatic nitrogens is 1. The van der Waals surface area contributed by atoms with Crippen LogP contribution in [0.1, 0.15) is 5.56 Å². The standard InChI is InChI=1S/C13H11BrN2O4/c1-8-5-9(14)7-15-13(8)20-12-6-10(16(17)18)3-4-11(12)19-2/h3-7H,1-2H3. The van der Waals surface area contributed by atoms with E-state index in [-0.39, 0.29) is 11.4 Å². The first-order valence-corrected chi connectivity index (χ1v) is 6.43. The molecule has 0 atom stereocenters. The number of nitro groups is 1. The number of benzene rings is 1. The third-order valence-electron chi connectivity index (χ3n) is 2.56. The highest BCUT2D eigenvalue weighted by molar-refractivity contribution is 9.10. The summed E-state index contributed by atoms with van der Waals surface area (Å²) in [5.74, 6) is 1.02. The molecule has 0 aliphatic heterocycles. The summed E-state index contributed by atoms with van der Waals surface area (Å²) in [7, 11) is 1.47. The van der Waals surface area contributed by atoms with E-state index in [1.54, 1.807) is 6.20 Å². The smallest absolute Gasteiger partial charge is 0.273 e. The molecule has 1 heterocycles. The summed E-state index contributed by atoms with van der Waals surface area (Å²) in [6.45, 7) is 1.83. The van der Waals surface area contributed by atoms with Crippen LogP contribution >= 0.6 is 15.9 Å². The van der Waals surface area contributed by atoms with Gasteiger partial charge < -0.3 is 9.47 Å². The number of hydrogen-bond donors (Lipinski definition) is 0. The fourth-order valence-electron chi connectivity index (χ4n) is 1.60. The fourth-order valence-corrected chi connectivity index (χ4v) is 2.04. The van der Waals surface area contributed by atoms with Gasteiger partial charge in [-0.2, -0.15) is 0 Å². The Balaban J connectivity index is 2.40. The van der Waals surface area contributed by atoms with Gasteiger partial charge in [0.1, 0.15) is 0 Å². The Hall–Kier alpha value is -2.15. The number of hydrogen-bond acceptors (Lipinski definition) is 5. The molecular weight excluding hydrogens is 328 g/mol. The third kappa shape index (κ3) is 3.05. The molecule has 1 aromatic carbocycles. The molecule has 0 N–H and O–H groups in total. The number of rotatable bonds is 4. The summed E-state index contributed by atoms with van der Waals surface area (Å²) in [5.41, 5.74) is 0.725. The van der Waals surface area contributed by atoms with Gasteiger partial charge in [0, 0.05) is 22.3 Å². The monoisotopic (exact) mass is 338 g/mol. The number of aryl methyl sites for hydroxylation is 1. The van der Waals surface area contributed by atoms with Crippen LogP contribution in [0.4, 0.5) is 5.69 Å². The van der Waals surface area contributed by atoms with Crippen molar-refractivity contribution in [3.05, 3.63) is 50.6 Å². The highest BCUT2D eigenvalue weighted by Crippen LogP contribution is 2.35. The Kier molecular flexibility index (Phi) is 4.19. The summed E-state index contributed by atoms with van der Waals surface area (Å²) in [6.07, 6.45) is 1.59. The molecule has 0 unspecified atom stereocenters. The first kappa shape index (κ1) is 14.3. The zero-order valence-corrected chi connectivity index (χ0v) is 12.4. The Morgan fingerprint density at radius 1 is 1.30 bits per heavy atom. The van der Waals surface area contributed by atoms with Crippen LogP contribution in [0.15, 0.2) is 34.9 Å². The number of methoxy groups -OCH3 is 1. The lowest BCUT2D eigenvalue weighted by Gasteiger charge is -2.11. The number of nitro benzene ring substituents is 1. The maximum atomic E-state index is 10.8. The summed E-state index contributed by atoms with van der Waals surface area (Å²) >= 11 is 3.31. The lowest BCUT2D eigenvalue weighted by Crippen LogP contribution is -1.96. The summed E-state index contributed by atoms with van der Waals surface area (Å²) < 4.78 is 11.6. The van der Waals surface area contributed by atoms with Gasteiger partial charge in [0.25, 0.3) is 5.69 Å². The van der Waals surface area contributed by atoms with Crippen molar-refractivity contribution in [2.45, 2.75) is 6.92 Å². The van der Waals surface area contributed by atoms with Gasteiger partial charge in [-0.05, 0) is 35.0 Å². The Bertz CT molecular complexity index is 661. The van der Waals surface area contributed by atoms with Crippen LogP contribution in [0.2, 0.25) is 0 Å². The minimum atomic E-state index is -0.492. The molecule has 6 nitrogen and oxygen atoms in total. The van der Waals surface area contributed by atoms with Gasteiger partial charge in [0.15, 0.2) is 11.5 Å². The summed E-state index contributed by atoms with van der Waals surface area (Å²) in [6, 6.07) is 5.99. The van der Waals surface area contributed by atoms with Gasteiger partial charge in [-0.3, -0.25) is 10.1 Å². The molecule has 0 spiro atoms. The number of nitrogens with zero attached hydrogens (tertiary/aromatic N) is 2. The van der Waals surface area contributed by atoms with E-state index in [0.717, 1.165) is 10.0 Å². The van der Waals surface area contributed by atoms with Crippen LogP contribution in [0.3, 0.4) is 0 Å². The van der Waals surface area contributed by atoms with Crippen molar-refractivity contribution in [3.63, 3.8) is 0 Å². The molecule has 0 aliphatic rings. The minimum absolute atomic E-state index is 0.0736. The molecule has 0 saturated heterocycles. The van der Waals surface area contributed by atoms with Gasteiger partial charge in [-0.25, -0.2) is 4.98 Å². The van der Waals surface area contributed by atoms with Crippen molar-refractivity contribution in [2.75, 3.05) is 7.11 Å². The minimum Gasteiger partial charge on any atom is -0.493 e. The number of non-ortho nitro benzene ring substituents is 1. The van der Waals surface area contributed by atoms with Crippen LogP contribution in [0, 0.1) is 17.0 Å². The highest BCUT2D eigenvalue weighted by atomic mass is 79.9. The van der Waals surface area contributed by atoms with E-state index in [2.05, 4.69) is 20.9 Å². The predicted octanol–water partition coefficient (Wildman–Crippen LogP) is 3.86. The molecule has 0 radical (unpaired) electrons. The fraction of sp³-hybridized carbons (Fsp3) is 0.154. The van der Waals surface area contributed by atoms with Crippen molar-refractivity contribution < 1.29 is 14.4 Å². The molecule has 0 aliphatic carbocycles. The van der Waals surface area contributed by atoms with Crippen LogP contribution in [-0.2, 0) is 0 Å². The lowest BCUT2D eigenvalue weighted by molar-refractivity contribution is -0.384. The molecule has 2 aromatic rings. The second kappa shape index (κ2) is 5.87. The Morgan fingerprint density at radius 2 is 2.05 bits per heavy atom. The van der Waals surface area contributed by atoms with E-state index < -0.39 is 4.92 Å². The molecule has 0 amide bonds. The molecule has 0 bridgehead atoms. The van der Waals surface area contributed by atoms with Gasteiger partial charge in [0.05, 0.1) is 18.1 Å². The zero-order chi connectivity index (χ0) is 14.7. The van der Waals surface area contributed by atoms with Crippen molar-refractivity contribution in [1.29, 1.82) is 0 Å². The Morgan fingerprint density at radius 3 is 2.65 bits per heavy atom. The van der Waals surface area contributed by atoms with Crippen LogP contribution in [0.25, 0.3) is 0 Å². The van der Waals surface area contributed by atoms with Gasteiger partial charge in [-0.15, -0.1) is 0 Å². The van der Waals surface area contributed by atoms with Gasteiger partial charge >= 0.3 is 0 Å². The SMILES string of the molecule is COc1ccc([N+](=O)[O-])cc1Oc1ncc(Br)cc1C. The lowest BCUT2D eigenvalue weighted by atomic mass is 10.2. The van der Waals surface area contributed by atoms with E-state index in [9.17, 15) is 10.1 Å². The summed E-state index contributed by atoms with van der Waals surface area (Å²) in [4.78, 5) is 14.4. The quantitative estimate of drug-likeness (QED) is 0.625. The zero-order valence-electron chi connectivity index (χ0n) is 10.8. The normalized spacial score (nSPS) is 10.2. The maximum Gasteiger partial charge on any atom is 0.273 e. The Labute approximate surface area is 123 Å².